The number of ketones is 1. The van der Waals surface area contributed by atoms with E-state index >= 15 is 0 Å². The van der Waals surface area contributed by atoms with Crippen LogP contribution in [0.5, 0.6) is 0 Å². The smallest absolute Gasteiger partial charge is 0.336 e. The Bertz CT molecular complexity index is 818. The van der Waals surface area contributed by atoms with Crippen molar-refractivity contribution in [2.45, 2.75) is 46.5 Å². The van der Waals surface area contributed by atoms with E-state index in [0.29, 0.717) is 23.3 Å². The van der Waals surface area contributed by atoms with Gasteiger partial charge in [-0.25, -0.2) is 9.18 Å². The van der Waals surface area contributed by atoms with Crippen molar-refractivity contribution in [2.24, 2.45) is 5.41 Å². The van der Waals surface area contributed by atoms with Crippen LogP contribution in [0.3, 0.4) is 0 Å². The van der Waals surface area contributed by atoms with E-state index in [2.05, 4.69) is 19.2 Å². The zero-order chi connectivity index (χ0) is 19.1. The molecular weight excluding hydrogens is 333 g/mol. The maximum absolute atomic E-state index is 13.4. The number of rotatable bonds is 3. The summed E-state index contributed by atoms with van der Waals surface area (Å²) < 4.78 is 18.7. The third-order valence-electron chi connectivity index (χ3n) is 4.94. The van der Waals surface area contributed by atoms with Gasteiger partial charge in [0.05, 0.1) is 12.2 Å². The maximum Gasteiger partial charge on any atom is 0.336 e. The molecule has 0 spiro atoms. The number of Topliss-reactive ketones (excluding diaryl/α,β-unsaturated/α-hetero) is 1. The summed E-state index contributed by atoms with van der Waals surface area (Å²) in [6.45, 7) is 7.93. The molecule has 4 nitrogen and oxygen atoms in total. The molecule has 0 saturated carbocycles. The van der Waals surface area contributed by atoms with E-state index in [-0.39, 0.29) is 23.6 Å². The summed E-state index contributed by atoms with van der Waals surface area (Å²) in [7, 11) is 0. The Balaban J connectivity index is 2.17. The minimum Gasteiger partial charge on any atom is -0.463 e. The van der Waals surface area contributed by atoms with Crippen molar-refractivity contribution < 1.29 is 18.7 Å². The van der Waals surface area contributed by atoms with Crippen LogP contribution in [0.15, 0.2) is 46.8 Å². The van der Waals surface area contributed by atoms with Gasteiger partial charge < -0.3 is 10.1 Å². The lowest BCUT2D eigenvalue weighted by molar-refractivity contribution is -0.138. The van der Waals surface area contributed by atoms with Crippen LogP contribution in [0.25, 0.3) is 0 Å². The summed E-state index contributed by atoms with van der Waals surface area (Å²) in [5, 5.41) is 3.27. The molecule has 26 heavy (non-hydrogen) atoms. The van der Waals surface area contributed by atoms with Crippen LogP contribution < -0.4 is 5.32 Å². The van der Waals surface area contributed by atoms with Gasteiger partial charge in [0, 0.05) is 29.3 Å². The summed E-state index contributed by atoms with van der Waals surface area (Å²) in [5.74, 6) is -1.32. The van der Waals surface area contributed by atoms with Crippen molar-refractivity contribution in [3.63, 3.8) is 0 Å². The Morgan fingerprint density at radius 2 is 1.92 bits per heavy atom. The molecule has 0 radical (unpaired) electrons. The highest BCUT2D eigenvalue weighted by Gasteiger charge is 2.43. The minimum absolute atomic E-state index is 0.0207. The fourth-order valence-electron chi connectivity index (χ4n) is 3.90. The van der Waals surface area contributed by atoms with E-state index < -0.39 is 11.9 Å². The zero-order valence-electron chi connectivity index (χ0n) is 15.6. The van der Waals surface area contributed by atoms with Gasteiger partial charge in [0.25, 0.3) is 0 Å². The lowest BCUT2D eigenvalue weighted by Gasteiger charge is -2.39. The van der Waals surface area contributed by atoms with Gasteiger partial charge in [0.1, 0.15) is 5.82 Å². The van der Waals surface area contributed by atoms with E-state index in [1.54, 1.807) is 19.1 Å². The number of nitrogens with one attached hydrogen (secondary N) is 1. The first-order valence-electron chi connectivity index (χ1n) is 8.90. The van der Waals surface area contributed by atoms with Gasteiger partial charge >= 0.3 is 5.97 Å². The number of ether oxygens (including phenoxy) is 1. The average Bonchev–Trinajstić information content (AvgIpc) is 2.53. The first-order valence-corrected chi connectivity index (χ1v) is 8.90. The van der Waals surface area contributed by atoms with E-state index in [9.17, 15) is 14.0 Å². The molecule has 1 unspecified atom stereocenters. The van der Waals surface area contributed by atoms with Crippen LogP contribution in [0, 0.1) is 11.2 Å². The zero-order valence-corrected chi connectivity index (χ0v) is 15.6. The second-order valence-electron chi connectivity index (χ2n) is 7.70. The maximum atomic E-state index is 13.4. The highest BCUT2D eigenvalue weighted by molar-refractivity contribution is 6.04. The number of carbonyl (C=O) groups is 2. The Labute approximate surface area is 153 Å². The molecule has 3 rings (SSSR count). The van der Waals surface area contributed by atoms with Gasteiger partial charge in [0.2, 0.25) is 0 Å². The van der Waals surface area contributed by atoms with E-state index in [0.717, 1.165) is 17.7 Å². The van der Waals surface area contributed by atoms with Crippen LogP contribution >= 0.6 is 0 Å². The van der Waals surface area contributed by atoms with Crippen LogP contribution in [-0.4, -0.2) is 18.4 Å². The quantitative estimate of drug-likeness (QED) is 0.831. The number of dihydropyridines is 1. The van der Waals surface area contributed by atoms with Crippen LogP contribution in [-0.2, 0) is 14.3 Å². The molecule has 1 aliphatic heterocycles. The Morgan fingerprint density at radius 3 is 2.54 bits per heavy atom. The number of hydrogen-bond acceptors (Lipinski definition) is 4. The first kappa shape index (κ1) is 18.4. The van der Waals surface area contributed by atoms with Gasteiger partial charge in [0.15, 0.2) is 5.78 Å². The molecule has 1 aromatic rings. The van der Waals surface area contributed by atoms with Gasteiger partial charge in [-0.3, -0.25) is 4.79 Å². The molecule has 5 heteroatoms. The summed E-state index contributed by atoms with van der Waals surface area (Å²) in [6, 6.07) is 5.98. The Hall–Kier alpha value is -2.43. The molecule has 0 aromatic heterocycles. The molecule has 0 amide bonds. The van der Waals surface area contributed by atoms with Gasteiger partial charge in [-0.15, -0.1) is 0 Å². The average molecular weight is 357 g/mol. The molecule has 0 bridgehead atoms. The summed E-state index contributed by atoms with van der Waals surface area (Å²) in [6.07, 6.45) is 1.14. The summed E-state index contributed by atoms with van der Waals surface area (Å²) >= 11 is 0. The molecular formula is C21H24FNO3. The monoisotopic (exact) mass is 357 g/mol. The number of carbonyl (C=O) groups excluding carboxylic acids is 2. The molecule has 1 N–H and O–H groups in total. The normalized spacial score (nSPS) is 22.0. The lowest BCUT2D eigenvalue weighted by Crippen LogP contribution is -2.38. The third kappa shape index (κ3) is 3.30. The van der Waals surface area contributed by atoms with Crippen molar-refractivity contribution in [3.05, 3.63) is 58.2 Å². The third-order valence-corrected chi connectivity index (χ3v) is 4.94. The first-order chi connectivity index (χ1) is 12.2. The van der Waals surface area contributed by atoms with Crippen LogP contribution in [0.1, 0.15) is 52.0 Å². The van der Waals surface area contributed by atoms with Gasteiger partial charge in [-0.2, -0.15) is 0 Å². The minimum atomic E-state index is -0.533. The highest BCUT2D eigenvalue weighted by atomic mass is 19.1. The fourth-order valence-corrected chi connectivity index (χ4v) is 3.90. The lowest BCUT2D eigenvalue weighted by atomic mass is 9.68. The Kier molecular flexibility index (Phi) is 4.74. The highest BCUT2D eigenvalue weighted by Crippen LogP contribution is 2.46. The van der Waals surface area contributed by atoms with Crippen LogP contribution in [0.2, 0.25) is 0 Å². The standard InChI is InChI=1S/C21H24FNO3/c1-5-26-20(25)17-12(2)23-15-10-21(3,4)11-16(24)19(15)18(17)13-6-8-14(22)9-7-13/h6-9,18,23H,5,10-11H2,1-4H3. The van der Waals surface area contributed by atoms with Crippen molar-refractivity contribution in [1.82, 2.24) is 5.32 Å². The topological polar surface area (TPSA) is 55.4 Å². The summed E-state index contributed by atoms with van der Waals surface area (Å²) in [5.41, 5.74) is 3.14. The number of hydrogen-bond donors (Lipinski definition) is 1. The van der Waals surface area contributed by atoms with E-state index in [4.69, 9.17) is 4.74 Å². The molecule has 2 aliphatic rings. The summed E-state index contributed by atoms with van der Waals surface area (Å²) in [4.78, 5) is 25.6. The molecule has 1 atom stereocenters. The van der Waals surface area contributed by atoms with Gasteiger partial charge in [-0.05, 0) is 43.4 Å². The number of benzene rings is 1. The Morgan fingerprint density at radius 1 is 1.27 bits per heavy atom. The number of halogens is 1. The number of esters is 1. The second kappa shape index (κ2) is 6.71. The largest absolute Gasteiger partial charge is 0.463 e. The van der Waals surface area contributed by atoms with E-state index in [1.807, 2.05) is 6.92 Å². The molecule has 0 fully saturated rings. The van der Waals surface area contributed by atoms with Crippen molar-refractivity contribution >= 4 is 11.8 Å². The number of allylic oxidation sites excluding steroid dienone is 3. The van der Waals surface area contributed by atoms with Crippen molar-refractivity contribution in [3.8, 4) is 0 Å². The molecule has 1 heterocycles. The molecule has 138 valence electrons. The molecule has 0 saturated heterocycles. The van der Waals surface area contributed by atoms with Gasteiger partial charge in [-0.1, -0.05) is 26.0 Å². The van der Waals surface area contributed by atoms with Crippen molar-refractivity contribution in [1.29, 1.82) is 0 Å². The second-order valence-corrected chi connectivity index (χ2v) is 7.70. The van der Waals surface area contributed by atoms with E-state index in [1.165, 1.54) is 12.1 Å². The predicted molar refractivity (Wildman–Crippen MR) is 96.7 cm³/mol. The SMILES string of the molecule is CCOC(=O)C1=C(C)NC2=C(C(=O)CC(C)(C)C2)C1c1ccc(F)cc1. The predicted octanol–water partition coefficient (Wildman–Crippen LogP) is 3.99. The fraction of sp³-hybridized carbons (Fsp3) is 0.429. The van der Waals surface area contributed by atoms with Crippen molar-refractivity contribution in [2.75, 3.05) is 6.61 Å². The molecule has 1 aliphatic carbocycles. The molecule has 1 aromatic carbocycles. The van der Waals surface area contributed by atoms with Crippen LogP contribution in [0.4, 0.5) is 4.39 Å².